The van der Waals surface area contributed by atoms with Gasteiger partial charge in [-0.2, -0.15) is 0 Å². The van der Waals surface area contributed by atoms with Crippen LogP contribution in [0, 0.1) is 5.92 Å². The highest BCUT2D eigenvalue weighted by Crippen LogP contribution is 2.16. The number of carbonyl (C=O) groups excluding carboxylic acids is 1. The van der Waals surface area contributed by atoms with Gasteiger partial charge in [-0.15, -0.1) is 0 Å². The molecular formula is C9H14O3. The number of rotatable bonds is 3. The molecule has 1 aliphatic heterocycles. The van der Waals surface area contributed by atoms with Crippen molar-refractivity contribution in [3.05, 3.63) is 11.8 Å². The van der Waals surface area contributed by atoms with Crippen molar-refractivity contribution in [2.75, 3.05) is 6.61 Å². The van der Waals surface area contributed by atoms with Crippen molar-refractivity contribution in [2.45, 2.75) is 26.4 Å². The van der Waals surface area contributed by atoms with E-state index in [4.69, 9.17) is 4.74 Å². The monoisotopic (exact) mass is 170 g/mol. The molecular weight excluding hydrogens is 156 g/mol. The van der Waals surface area contributed by atoms with E-state index in [9.17, 15) is 9.90 Å². The Bertz CT molecular complexity index is 206. The molecule has 1 N–H and O–H groups in total. The Morgan fingerprint density at radius 2 is 2.33 bits per heavy atom. The lowest BCUT2D eigenvalue weighted by Crippen LogP contribution is -2.27. The summed E-state index contributed by atoms with van der Waals surface area (Å²) < 4.78 is 4.91. The molecule has 0 radical (unpaired) electrons. The molecule has 0 saturated heterocycles. The van der Waals surface area contributed by atoms with Gasteiger partial charge in [-0.25, -0.2) is 0 Å². The zero-order chi connectivity index (χ0) is 9.14. The van der Waals surface area contributed by atoms with Gasteiger partial charge in [-0.1, -0.05) is 13.8 Å². The summed E-state index contributed by atoms with van der Waals surface area (Å²) in [7, 11) is 0. The third-order valence-corrected chi connectivity index (χ3v) is 1.93. The fourth-order valence-electron chi connectivity index (χ4n) is 1.06. The minimum atomic E-state index is -0.877. The van der Waals surface area contributed by atoms with E-state index in [-0.39, 0.29) is 11.7 Å². The van der Waals surface area contributed by atoms with Crippen molar-refractivity contribution in [3.63, 3.8) is 0 Å². The lowest BCUT2D eigenvalue weighted by Gasteiger charge is -2.12. The number of hydrogen-bond acceptors (Lipinski definition) is 3. The minimum Gasteiger partial charge on any atom is -0.500 e. The Labute approximate surface area is 72.0 Å². The maximum absolute atomic E-state index is 11.4. The van der Waals surface area contributed by atoms with Crippen LogP contribution in [-0.2, 0) is 9.53 Å². The Morgan fingerprint density at radius 3 is 2.75 bits per heavy atom. The van der Waals surface area contributed by atoms with E-state index in [0.717, 1.165) is 0 Å². The summed E-state index contributed by atoms with van der Waals surface area (Å²) in [6.45, 7) is 4.20. The first-order valence-corrected chi connectivity index (χ1v) is 4.16. The summed E-state index contributed by atoms with van der Waals surface area (Å²) in [5.74, 6) is -0.221. The molecule has 1 aliphatic rings. The van der Waals surface area contributed by atoms with Gasteiger partial charge < -0.3 is 9.84 Å². The summed E-state index contributed by atoms with van der Waals surface area (Å²) in [5, 5.41) is 9.41. The number of ether oxygens (including phenoxy) is 1. The van der Waals surface area contributed by atoms with E-state index in [2.05, 4.69) is 0 Å². The molecule has 0 aliphatic carbocycles. The lowest BCUT2D eigenvalue weighted by atomic mass is 9.97. The van der Waals surface area contributed by atoms with Crippen molar-refractivity contribution in [1.29, 1.82) is 0 Å². The first-order chi connectivity index (χ1) is 5.63. The maximum atomic E-state index is 11.4. The van der Waals surface area contributed by atoms with Gasteiger partial charge >= 0.3 is 0 Å². The third kappa shape index (κ3) is 1.85. The summed E-state index contributed by atoms with van der Waals surface area (Å²) in [6, 6.07) is 0. The van der Waals surface area contributed by atoms with E-state index in [0.29, 0.717) is 18.6 Å². The third-order valence-electron chi connectivity index (χ3n) is 1.93. The van der Waals surface area contributed by atoms with Gasteiger partial charge in [0, 0.05) is 12.0 Å². The SMILES string of the molecule is CC(C)C(O)C(=O)C1=COCC1. The maximum Gasteiger partial charge on any atom is 0.190 e. The van der Waals surface area contributed by atoms with Gasteiger partial charge in [-0.05, 0) is 5.92 Å². The standard InChI is InChI=1S/C9H14O3/c1-6(2)8(10)9(11)7-3-4-12-5-7/h5-6,8,10H,3-4H2,1-2H3. The molecule has 0 aromatic heterocycles. The van der Waals surface area contributed by atoms with Crippen molar-refractivity contribution < 1.29 is 14.6 Å². The van der Waals surface area contributed by atoms with Crippen molar-refractivity contribution >= 4 is 5.78 Å². The van der Waals surface area contributed by atoms with Crippen LogP contribution in [0.1, 0.15) is 20.3 Å². The zero-order valence-corrected chi connectivity index (χ0v) is 7.41. The topological polar surface area (TPSA) is 46.5 Å². The molecule has 1 unspecified atom stereocenters. The number of Topliss-reactive ketones (excluding diaryl/α,β-unsaturated/α-hetero) is 1. The number of carbonyl (C=O) groups is 1. The first kappa shape index (κ1) is 9.26. The lowest BCUT2D eigenvalue weighted by molar-refractivity contribution is -0.125. The molecule has 0 saturated carbocycles. The molecule has 0 bridgehead atoms. The van der Waals surface area contributed by atoms with Crippen molar-refractivity contribution in [2.24, 2.45) is 5.92 Å². The molecule has 68 valence electrons. The van der Waals surface area contributed by atoms with Gasteiger partial charge in [-0.3, -0.25) is 4.79 Å². The number of hydrogen-bond donors (Lipinski definition) is 1. The molecule has 0 aromatic carbocycles. The van der Waals surface area contributed by atoms with E-state index in [1.807, 2.05) is 13.8 Å². The molecule has 0 aromatic rings. The Kier molecular flexibility index (Phi) is 2.87. The zero-order valence-electron chi connectivity index (χ0n) is 7.41. The van der Waals surface area contributed by atoms with Crippen LogP contribution in [0.2, 0.25) is 0 Å². The van der Waals surface area contributed by atoms with Gasteiger partial charge in [0.2, 0.25) is 0 Å². The molecule has 1 atom stereocenters. The quantitative estimate of drug-likeness (QED) is 0.683. The number of aliphatic hydroxyl groups is 1. The Morgan fingerprint density at radius 1 is 1.67 bits per heavy atom. The minimum absolute atomic E-state index is 0.0287. The van der Waals surface area contributed by atoms with Gasteiger partial charge in [0.05, 0.1) is 12.9 Å². The number of aliphatic hydroxyl groups excluding tert-OH is 1. The average Bonchev–Trinajstić information content (AvgIpc) is 2.53. The smallest absolute Gasteiger partial charge is 0.190 e. The summed E-state index contributed by atoms with van der Waals surface area (Å²) >= 11 is 0. The summed E-state index contributed by atoms with van der Waals surface area (Å²) in [6.07, 6.45) is 1.20. The van der Waals surface area contributed by atoms with E-state index in [1.165, 1.54) is 6.26 Å². The second-order valence-electron chi connectivity index (χ2n) is 3.32. The van der Waals surface area contributed by atoms with E-state index in [1.54, 1.807) is 0 Å². The van der Waals surface area contributed by atoms with Gasteiger partial charge in [0.15, 0.2) is 5.78 Å². The van der Waals surface area contributed by atoms with Crippen LogP contribution < -0.4 is 0 Å². The van der Waals surface area contributed by atoms with Crippen LogP contribution in [0.25, 0.3) is 0 Å². The second kappa shape index (κ2) is 3.72. The van der Waals surface area contributed by atoms with Crippen LogP contribution in [-0.4, -0.2) is 23.6 Å². The highest BCUT2D eigenvalue weighted by atomic mass is 16.5. The normalized spacial score (nSPS) is 18.8. The fraction of sp³-hybridized carbons (Fsp3) is 0.667. The Balaban J connectivity index is 2.57. The molecule has 3 nitrogen and oxygen atoms in total. The highest BCUT2D eigenvalue weighted by molar-refractivity contribution is 5.98. The van der Waals surface area contributed by atoms with Gasteiger partial charge in [0.25, 0.3) is 0 Å². The summed E-state index contributed by atoms with van der Waals surface area (Å²) in [5.41, 5.74) is 0.608. The first-order valence-electron chi connectivity index (χ1n) is 4.16. The summed E-state index contributed by atoms with van der Waals surface area (Å²) in [4.78, 5) is 11.4. The molecule has 0 fully saturated rings. The van der Waals surface area contributed by atoms with Crippen LogP contribution in [0.3, 0.4) is 0 Å². The number of ketones is 1. The molecule has 0 amide bonds. The van der Waals surface area contributed by atoms with Crippen molar-refractivity contribution in [3.8, 4) is 0 Å². The highest BCUT2D eigenvalue weighted by Gasteiger charge is 2.24. The molecule has 1 rings (SSSR count). The largest absolute Gasteiger partial charge is 0.500 e. The van der Waals surface area contributed by atoms with Crippen LogP contribution in [0.5, 0.6) is 0 Å². The second-order valence-corrected chi connectivity index (χ2v) is 3.32. The van der Waals surface area contributed by atoms with Crippen molar-refractivity contribution in [1.82, 2.24) is 0 Å². The van der Waals surface area contributed by atoms with Crippen LogP contribution >= 0.6 is 0 Å². The van der Waals surface area contributed by atoms with Crippen LogP contribution in [0.4, 0.5) is 0 Å². The van der Waals surface area contributed by atoms with Gasteiger partial charge in [0.1, 0.15) is 6.10 Å². The molecule has 1 heterocycles. The average molecular weight is 170 g/mol. The molecule has 3 heteroatoms. The van der Waals surface area contributed by atoms with E-state index >= 15 is 0 Å². The van der Waals surface area contributed by atoms with Crippen LogP contribution in [0.15, 0.2) is 11.8 Å². The molecule has 12 heavy (non-hydrogen) atoms. The van der Waals surface area contributed by atoms with E-state index < -0.39 is 6.10 Å². The fourth-order valence-corrected chi connectivity index (χ4v) is 1.06. The predicted octanol–water partition coefficient (Wildman–Crippen LogP) is 0.877. The predicted molar refractivity (Wildman–Crippen MR) is 44.5 cm³/mol. The molecule has 0 spiro atoms. The Hall–Kier alpha value is -0.830.